The third kappa shape index (κ3) is 4.53. The molecule has 0 aliphatic carbocycles. The van der Waals surface area contributed by atoms with Crippen molar-refractivity contribution in [2.75, 3.05) is 5.32 Å². The molecule has 0 fully saturated rings. The Labute approximate surface area is 183 Å². The van der Waals surface area contributed by atoms with Crippen LogP contribution in [0.1, 0.15) is 22.9 Å². The fourth-order valence-electron chi connectivity index (χ4n) is 3.15. The Morgan fingerprint density at radius 2 is 1.77 bits per heavy atom. The van der Waals surface area contributed by atoms with E-state index in [9.17, 15) is 4.79 Å². The normalized spacial score (nSPS) is 11.8. The molecule has 30 heavy (non-hydrogen) atoms. The third-order valence-electron chi connectivity index (χ3n) is 4.63. The minimum absolute atomic E-state index is 0.0730. The number of pyridine rings is 1. The van der Waals surface area contributed by atoms with Crippen LogP contribution in [0.4, 0.5) is 5.69 Å². The van der Waals surface area contributed by atoms with Crippen molar-refractivity contribution in [3.63, 3.8) is 0 Å². The summed E-state index contributed by atoms with van der Waals surface area (Å²) in [6.07, 6.45) is 3.28. The zero-order chi connectivity index (χ0) is 20.9. The molecular weight excluding hydrogens is 419 g/mol. The van der Waals surface area contributed by atoms with Gasteiger partial charge in [0, 0.05) is 11.2 Å². The van der Waals surface area contributed by atoms with E-state index in [4.69, 9.17) is 23.2 Å². The molecule has 0 amide bonds. The molecule has 7 heteroatoms. The van der Waals surface area contributed by atoms with Gasteiger partial charge in [-0.25, -0.2) is 4.68 Å². The Balaban J connectivity index is 1.68. The predicted molar refractivity (Wildman–Crippen MR) is 120 cm³/mol. The van der Waals surface area contributed by atoms with Crippen LogP contribution in [0.25, 0.3) is 0 Å². The predicted octanol–water partition coefficient (Wildman–Crippen LogP) is 5.19. The minimum atomic E-state index is -0.364. The van der Waals surface area contributed by atoms with Crippen LogP contribution in [0.3, 0.4) is 0 Å². The number of nitrogens with one attached hydrogen (secondary N) is 1. The summed E-state index contributed by atoms with van der Waals surface area (Å²) in [5.74, 6) is 0. The molecule has 4 aromatic rings. The van der Waals surface area contributed by atoms with E-state index in [1.54, 1.807) is 18.5 Å². The summed E-state index contributed by atoms with van der Waals surface area (Å²) in [5, 5.41) is 8.30. The highest BCUT2D eigenvalue weighted by molar-refractivity contribution is 6.33. The van der Waals surface area contributed by atoms with Gasteiger partial charge >= 0.3 is 0 Å². The molecule has 0 radical (unpaired) electrons. The van der Waals surface area contributed by atoms with Gasteiger partial charge in [-0.05, 0) is 35.4 Å². The second-order valence-electron chi connectivity index (χ2n) is 6.71. The summed E-state index contributed by atoms with van der Waals surface area (Å²) in [6, 6.07) is 22.4. The molecule has 0 saturated heterocycles. The Bertz CT molecular complexity index is 1200. The summed E-state index contributed by atoms with van der Waals surface area (Å²) in [4.78, 5) is 17.2. The standard InChI is InChI=1S/C23H18Cl2N4O/c24-18-10-6-9-17(13-18)22(19-11-4-5-12-26-19)28-20-14-27-29(23(30)21(20)25)15-16-7-2-1-3-8-16/h1-14,22,28H,15H2. The molecule has 4 rings (SSSR count). The van der Waals surface area contributed by atoms with E-state index < -0.39 is 0 Å². The number of halogens is 2. The summed E-state index contributed by atoms with van der Waals surface area (Å²) in [5.41, 5.74) is 2.70. The van der Waals surface area contributed by atoms with Crippen molar-refractivity contribution in [1.29, 1.82) is 0 Å². The quantitative estimate of drug-likeness (QED) is 0.451. The summed E-state index contributed by atoms with van der Waals surface area (Å²) in [6.45, 7) is 0.345. The van der Waals surface area contributed by atoms with Crippen LogP contribution in [0.2, 0.25) is 10.0 Å². The Morgan fingerprint density at radius 3 is 2.50 bits per heavy atom. The lowest BCUT2D eigenvalue weighted by Crippen LogP contribution is -2.25. The van der Waals surface area contributed by atoms with E-state index in [-0.39, 0.29) is 16.6 Å². The summed E-state index contributed by atoms with van der Waals surface area (Å²) in [7, 11) is 0. The van der Waals surface area contributed by atoms with Gasteiger partial charge in [-0.3, -0.25) is 9.78 Å². The monoisotopic (exact) mass is 436 g/mol. The molecule has 2 heterocycles. The first-order chi connectivity index (χ1) is 14.6. The first kappa shape index (κ1) is 20.1. The van der Waals surface area contributed by atoms with Crippen molar-refractivity contribution in [1.82, 2.24) is 14.8 Å². The van der Waals surface area contributed by atoms with Gasteiger partial charge in [0.2, 0.25) is 0 Å². The Hall–Kier alpha value is -3.15. The van der Waals surface area contributed by atoms with Crippen molar-refractivity contribution in [2.24, 2.45) is 0 Å². The van der Waals surface area contributed by atoms with E-state index in [0.717, 1.165) is 16.8 Å². The van der Waals surface area contributed by atoms with E-state index in [2.05, 4.69) is 15.4 Å². The van der Waals surface area contributed by atoms with Crippen molar-refractivity contribution in [3.05, 3.63) is 122 Å². The highest BCUT2D eigenvalue weighted by Gasteiger charge is 2.19. The zero-order valence-corrected chi connectivity index (χ0v) is 17.4. The summed E-state index contributed by atoms with van der Waals surface area (Å²) >= 11 is 12.6. The van der Waals surface area contributed by atoms with E-state index >= 15 is 0 Å². The second-order valence-corrected chi connectivity index (χ2v) is 7.52. The van der Waals surface area contributed by atoms with Gasteiger partial charge in [0.15, 0.2) is 0 Å². The lowest BCUT2D eigenvalue weighted by molar-refractivity contribution is 0.639. The lowest BCUT2D eigenvalue weighted by Gasteiger charge is -2.21. The lowest BCUT2D eigenvalue weighted by atomic mass is 10.0. The molecule has 1 unspecified atom stereocenters. The molecule has 0 aliphatic rings. The fraction of sp³-hybridized carbons (Fsp3) is 0.0870. The molecule has 0 bridgehead atoms. The largest absolute Gasteiger partial charge is 0.370 e. The first-order valence-corrected chi connectivity index (χ1v) is 10.1. The van der Waals surface area contributed by atoms with Crippen molar-refractivity contribution in [3.8, 4) is 0 Å². The molecule has 1 atom stereocenters. The molecule has 150 valence electrons. The Morgan fingerprint density at radius 1 is 0.967 bits per heavy atom. The maximum absolute atomic E-state index is 12.8. The minimum Gasteiger partial charge on any atom is -0.370 e. The number of benzene rings is 2. The molecular formula is C23H18Cl2N4O. The van der Waals surface area contributed by atoms with Gasteiger partial charge in [0.1, 0.15) is 5.02 Å². The highest BCUT2D eigenvalue weighted by atomic mass is 35.5. The van der Waals surface area contributed by atoms with Crippen LogP contribution in [0.5, 0.6) is 0 Å². The van der Waals surface area contributed by atoms with Gasteiger partial charge in [-0.2, -0.15) is 5.10 Å². The molecule has 0 saturated carbocycles. The van der Waals surface area contributed by atoms with Gasteiger partial charge in [-0.1, -0.05) is 71.7 Å². The molecule has 0 spiro atoms. The molecule has 0 aliphatic heterocycles. The van der Waals surface area contributed by atoms with Gasteiger partial charge < -0.3 is 5.32 Å². The van der Waals surface area contributed by atoms with Gasteiger partial charge in [0.25, 0.3) is 5.56 Å². The van der Waals surface area contributed by atoms with Gasteiger partial charge in [0.05, 0.1) is 30.2 Å². The maximum atomic E-state index is 12.8. The average Bonchev–Trinajstić information content (AvgIpc) is 2.78. The SMILES string of the molecule is O=c1c(Cl)c(NC(c2cccc(Cl)c2)c2ccccn2)cnn1Cc1ccccc1. The topological polar surface area (TPSA) is 59.8 Å². The van der Waals surface area contributed by atoms with Crippen LogP contribution < -0.4 is 10.9 Å². The molecule has 2 aromatic heterocycles. The first-order valence-electron chi connectivity index (χ1n) is 9.34. The van der Waals surface area contributed by atoms with Crippen molar-refractivity contribution in [2.45, 2.75) is 12.6 Å². The second kappa shape index (κ2) is 9.11. The average molecular weight is 437 g/mol. The number of anilines is 1. The van der Waals surface area contributed by atoms with E-state index in [1.807, 2.05) is 66.7 Å². The molecule has 1 N–H and O–H groups in total. The number of aromatic nitrogens is 3. The van der Waals surface area contributed by atoms with E-state index in [1.165, 1.54) is 4.68 Å². The van der Waals surface area contributed by atoms with Crippen LogP contribution in [0.15, 0.2) is 90.0 Å². The fourth-order valence-corrected chi connectivity index (χ4v) is 3.55. The van der Waals surface area contributed by atoms with Crippen LogP contribution in [-0.4, -0.2) is 14.8 Å². The smallest absolute Gasteiger partial charge is 0.287 e. The number of nitrogens with zero attached hydrogens (tertiary/aromatic N) is 3. The molecule has 2 aromatic carbocycles. The molecule has 5 nitrogen and oxygen atoms in total. The maximum Gasteiger partial charge on any atom is 0.287 e. The van der Waals surface area contributed by atoms with Crippen LogP contribution in [-0.2, 0) is 6.54 Å². The highest BCUT2D eigenvalue weighted by Crippen LogP contribution is 2.29. The van der Waals surface area contributed by atoms with Crippen molar-refractivity contribution >= 4 is 28.9 Å². The number of hydrogen-bond acceptors (Lipinski definition) is 4. The van der Waals surface area contributed by atoms with E-state index in [0.29, 0.717) is 17.3 Å². The summed E-state index contributed by atoms with van der Waals surface area (Å²) < 4.78 is 1.35. The van der Waals surface area contributed by atoms with Crippen LogP contribution in [0, 0.1) is 0 Å². The Kier molecular flexibility index (Phi) is 6.12. The van der Waals surface area contributed by atoms with Gasteiger partial charge in [-0.15, -0.1) is 0 Å². The number of rotatable bonds is 6. The number of hydrogen-bond donors (Lipinski definition) is 1. The van der Waals surface area contributed by atoms with Crippen LogP contribution >= 0.6 is 23.2 Å². The third-order valence-corrected chi connectivity index (χ3v) is 5.23. The zero-order valence-electron chi connectivity index (χ0n) is 15.9. The van der Waals surface area contributed by atoms with Crippen molar-refractivity contribution < 1.29 is 0 Å².